The predicted octanol–water partition coefficient (Wildman–Crippen LogP) is 7.54. The van der Waals surface area contributed by atoms with Crippen LogP contribution in [-0.2, 0) is 23.8 Å². The standard InChI is InChI=1S/C33H50O6/c1-25(2)23-37-26(3)38-24-29(34)19-16-27-17-20-30(21-18-27)36-22-10-9-15-32(28-11-5-4-6-12-28)33(35)39-31-13-7-8-14-31/h16-21,25-26,28,31-32H,4-15,22-24H2,1-3H3/b19-16+/t26?,32-/m0/s1. The van der Waals surface area contributed by atoms with Crippen molar-refractivity contribution in [1.82, 2.24) is 0 Å². The maximum Gasteiger partial charge on any atom is 0.309 e. The van der Waals surface area contributed by atoms with E-state index in [9.17, 15) is 9.59 Å². The topological polar surface area (TPSA) is 71.1 Å². The van der Waals surface area contributed by atoms with Crippen LogP contribution in [0.15, 0.2) is 30.3 Å². The van der Waals surface area contributed by atoms with Crippen molar-refractivity contribution in [1.29, 1.82) is 0 Å². The molecule has 2 aliphatic rings. The van der Waals surface area contributed by atoms with Crippen molar-refractivity contribution in [3.8, 4) is 5.75 Å². The van der Waals surface area contributed by atoms with Gasteiger partial charge in [-0.25, -0.2) is 0 Å². The van der Waals surface area contributed by atoms with Gasteiger partial charge < -0.3 is 18.9 Å². The fourth-order valence-corrected chi connectivity index (χ4v) is 5.48. The predicted molar refractivity (Wildman–Crippen MR) is 154 cm³/mol. The summed E-state index contributed by atoms with van der Waals surface area (Å²) >= 11 is 0. The molecule has 0 heterocycles. The molecule has 1 aromatic rings. The van der Waals surface area contributed by atoms with Gasteiger partial charge in [0, 0.05) is 0 Å². The highest BCUT2D eigenvalue weighted by Crippen LogP contribution is 2.34. The van der Waals surface area contributed by atoms with Crippen LogP contribution in [0.1, 0.15) is 103 Å². The molecule has 39 heavy (non-hydrogen) atoms. The van der Waals surface area contributed by atoms with Crippen molar-refractivity contribution < 1.29 is 28.5 Å². The maximum atomic E-state index is 13.0. The number of ether oxygens (including phenoxy) is 4. The van der Waals surface area contributed by atoms with Gasteiger partial charge in [0.25, 0.3) is 0 Å². The van der Waals surface area contributed by atoms with E-state index in [0.717, 1.165) is 56.3 Å². The summed E-state index contributed by atoms with van der Waals surface area (Å²) in [6.45, 7) is 7.17. The number of carbonyl (C=O) groups is 2. The largest absolute Gasteiger partial charge is 0.494 e. The molecular formula is C33H50O6. The molecule has 0 saturated heterocycles. The minimum absolute atomic E-state index is 0.00311. The zero-order valence-corrected chi connectivity index (χ0v) is 24.4. The first-order chi connectivity index (χ1) is 18.9. The fraction of sp³-hybridized carbons (Fsp3) is 0.697. The van der Waals surface area contributed by atoms with E-state index in [4.69, 9.17) is 18.9 Å². The number of benzene rings is 1. The molecule has 0 spiro atoms. The van der Waals surface area contributed by atoms with Gasteiger partial charge in [0.15, 0.2) is 12.1 Å². The molecule has 0 amide bonds. The summed E-state index contributed by atoms with van der Waals surface area (Å²) in [6, 6.07) is 7.72. The highest BCUT2D eigenvalue weighted by Gasteiger charge is 2.32. The van der Waals surface area contributed by atoms with Crippen molar-refractivity contribution >= 4 is 17.8 Å². The van der Waals surface area contributed by atoms with Crippen LogP contribution in [0, 0.1) is 17.8 Å². The molecule has 0 aromatic heterocycles. The van der Waals surface area contributed by atoms with Crippen molar-refractivity contribution in [2.24, 2.45) is 17.8 Å². The average Bonchev–Trinajstić information content (AvgIpc) is 3.45. The highest BCUT2D eigenvalue weighted by atomic mass is 16.7. The first-order valence-electron chi connectivity index (χ1n) is 15.3. The average molecular weight is 543 g/mol. The fourth-order valence-electron chi connectivity index (χ4n) is 5.48. The minimum Gasteiger partial charge on any atom is -0.494 e. The molecule has 0 bridgehead atoms. The molecule has 0 aliphatic heterocycles. The molecular weight excluding hydrogens is 492 g/mol. The van der Waals surface area contributed by atoms with Crippen LogP contribution in [0.5, 0.6) is 5.75 Å². The number of hydrogen-bond acceptors (Lipinski definition) is 6. The van der Waals surface area contributed by atoms with E-state index in [1.54, 1.807) is 13.0 Å². The Morgan fingerprint density at radius 3 is 2.28 bits per heavy atom. The van der Waals surface area contributed by atoms with Crippen LogP contribution in [0.4, 0.5) is 0 Å². The van der Waals surface area contributed by atoms with Gasteiger partial charge in [-0.1, -0.05) is 51.3 Å². The van der Waals surface area contributed by atoms with Gasteiger partial charge in [0.1, 0.15) is 18.5 Å². The lowest BCUT2D eigenvalue weighted by Crippen LogP contribution is -2.30. The maximum absolute atomic E-state index is 13.0. The number of ketones is 1. The molecule has 0 N–H and O–H groups in total. The Morgan fingerprint density at radius 2 is 1.59 bits per heavy atom. The smallest absolute Gasteiger partial charge is 0.309 e. The monoisotopic (exact) mass is 542 g/mol. The first kappa shape index (κ1) is 31.3. The summed E-state index contributed by atoms with van der Waals surface area (Å²) in [6.07, 6.45) is 16.3. The molecule has 2 saturated carbocycles. The van der Waals surface area contributed by atoms with E-state index in [1.165, 1.54) is 38.2 Å². The van der Waals surface area contributed by atoms with Crippen LogP contribution in [0.2, 0.25) is 0 Å². The van der Waals surface area contributed by atoms with Gasteiger partial charge in [-0.2, -0.15) is 0 Å². The summed E-state index contributed by atoms with van der Waals surface area (Å²) in [5, 5.41) is 0. The van der Waals surface area contributed by atoms with E-state index in [0.29, 0.717) is 25.0 Å². The van der Waals surface area contributed by atoms with Gasteiger partial charge >= 0.3 is 5.97 Å². The third-order valence-electron chi connectivity index (χ3n) is 7.75. The quantitative estimate of drug-likeness (QED) is 0.0877. The number of unbranched alkanes of at least 4 members (excludes halogenated alkanes) is 1. The van der Waals surface area contributed by atoms with E-state index in [1.807, 2.05) is 24.3 Å². The second-order valence-corrected chi connectivity index (χ2v) is 11.7. The SMILES string of the molecule is CC(C)COC(C)OCC(=O)/C=C/c1ccc(OCCCC[C@H](C(=O)OC2CCCC2)C2CCCCC2)cc1. The van der Waals surface area contributed by atoms with E-state index in [-0.39, 0.29) is 30.4 Å². The Bertz CT molecular complexity index is 865. The zero-order valence-electron chi connectivity index (χ0n) is 24.4. The van der Waals surface area contributed by atoms with Crippen LogP contribution >= 0.6 is 0 Å². The summed E-state index contributed by atoms with van der Waals surface area (Å²) in [7, 11) is 0. The van der Waals surface area contributed by atoms with Gasteiger partial charge in [-0.3, -0.25) is 9.59 Å². The normalized spacial score (nSPS) is 18.5. The van der Waals surface area contributed by atoms with Crippen LogP contribution < -0.4 is 4.74 Å². The third kappa shape index (κ3) is 12.3. The molecule has 0 radical (unpaired) electrons. The molecule has 6 nitrogen and oxygen atoms in total. The first-order valence-corrected chi connectivity index (χ1v) is 15.3. The molecule has 1 aromatic carbocycles. The summed E-state index contributed by atoms with van der Waals surface area (Å²) in [5.41, 5.74) is 0.927. The summed E-state index contributed by atoms with van der Waals surface area (Å²) in [5.74, 6) is 1.71. The number of carbonyl (C=O) groups excluding carboxylic acids is 2. The molecule has 1 unspecified atom stereocenters. The van der Waals surface area contributed by atoms with Gasteiger partial charge in [-0.05, 0) is 100 Å². The Kier molecular flexibility index (Phi) is 14.1. The van der Waals surface area contributed by atoms with Crippen LogP contribution in [-0.4, -0.2) is 44.0 Å². The molecule has 2 fully saturated rings. The minimum atomic E-state index is -0.398. The summed E-state index contributed by atoms with van der Waals surface area (Å²) in [4.78, 5) is 25.1. The number of hydrogen-bond donors (Lipinski definition) is 0. The Hall–Kier alpha value is -2.18. The third-order valence-corrected chi connectivity index (χ3v) is 7.75. The highest BCUT2D eigenvalue weighted by molar-refractivity contribution is 5.94. The number of rotatable bonds is 17. The van der Waals surface area contributed by atoms with Gasteiger partial charge in [0.2, 0.25) is 0 Å². The molecule has 3 rings (SSSR count). The van der Waals surface area contributed by atoms with Gasteiger partial charge in [0.05, 0.1) is 19.1 Å². The number of esters is 1. The molecule has 6 heteroatoms. The molecule has 218 valence electrons. The Balaban J connectivity index is 1.35. The van der Waals surface area contributed by atoms with Crippen molar-refractivity contribution in [3.05, 3.63) is 35.9 Å². The van der Waals surface area contributed by atoms with Crippen LogP contribution in [0.25, 0.3) is 6.08 Å². The Labute approximate surface area is 235 Å². The van der Waals surface area contributed by atoms with Crippen molar-refractivity contribution in [3.63, 3.8) is 0 Å². The second kappa shape index (κ2) is 17.5. The van der Waals surface area contributed by atoms with Crippen molar-refractivity contribution in [2.75, 3.05) is 19.8 Å². The van der Waals surface area contributed by atoms with Gasteiger partial charge in [-0.15, -0.1) is 0 Å². The zero-order chi connectivity index (χ0) is 27.9. The van der Waals surface area contributed by atoms with E-state index in [2.05, 4.69) is 13.8 Å². The van der Waals surface area contributed by atoms with Crippen LogP contribution in [0.3, 0.4) is 0 Å². The molecule has 2 aliphatic carbocycles. The lowest BCUT2D eigenvalue weighted by Gasteiger charge is -2.29. The Morgan fingerprint density at radius 1 is 0.897 bits per heavy atom. The second-order valence-electron chi connectivity index (χ2n) is 11.7. The summed E-state index contributed by atoms with van der Waals surface area (Å²) < 4.78 is 22.8. The lowest BCUT2D eigenvalue weighted by molar-refractivity contribution is -0.156. The van der Waals surface area contributed by atoms with Crippen molar-refractivity contribution in [2.45, 2.75) is 110 Å². The lowest BCUT2D eigenvalue weighted by atomic mass is 9.78. The van der Waals surface area contributed by atoms with E-state index < -0.39 is 6.29 Å². The van der Waals surface area contributed by atoms with E-state index >= 15 is 0 Å². The molecule has 2 atom stereocenters.